The minimum Gasteiger partial charge on any atom is -0.494 e. The maximum Gasteiger partial charge on any atom is 0.340 e. The van der Waals surface area contributed by atoms with Crippen LogP contribution in [0.3, 0.4) is 0 Å². The van der Waals surface area contributed by atoms with Crippen LogP contribution in [0.1, 0.15) is 24.2 Å². The summed E-state index contributed by atoms with van der Waals surface area (Å²) in [6.45, 7) is 4.64. The minimum atomic E-state index is -0.400. The topological polar surface area (TPSA) is 73.6 Å². The van der Waals surface area contributed by atoms with Crippen molar-refractivity contribution < 1.29 is 14.3 Å². The van der Waals surface area contributed by atoms with Crippen molar-refractivity contribution >= 4 is 23.0 Å². The van der Waals surface area contributed by atoms with Crippen molar-refractivity contribution in [2.45, 2.75) is 13.8 Å². The molecule has 0 aliphatic heterocycles. The Balaban J connectivity index is 2.23. The second kappa shape index (κ2) is 7.36. The average Bonchev–Trinajstić information content (AvgIpc) is 2.51. The summed E-state index contributed by atoms with van der Waals surface area (Å²) in [4.78, 5) is 12.0. The van der Waals surface area contributed by atoms with Gasteiger partial charge < -0.3 is 20.5 Å². The maximum absolute atomic E-state index is 12.0. The monoisotopic (exact) mass is 300 g/mol. The third-order valence-corrected chi connectivity index (χ3v) is 2.98. The van der Waals surface area contributed by atoms with Crippen molar-refractivity contribution in [2.75, 3.05) is 24.3 Å². The molecular weight excluding hydrogens is 280 g/mol. The first-order valence-electron chi connectivity index (χ1n) is 7.20. The van der Waals surface area contributed by atoms with Crippen molar-refractivity contribution in [3.8, 4) is 5.75 Å². The highest BCUT2D eigenvalue weighted by Crippen LogP contribution is 2.25. The van der Waals surface area contributed by atoms with E-state index in [4.69, 9.17) is 15.2 Å². The fraction of sp³-hybridized carbons (Fsp3) is 0.235. The Bertz CT molecular complexity index is 639. The molecule has 0 fully saturated rings. The Morgan fingerprint density at radius 2 is 1.82 bits per heavy atom. The molecule has 0 unspecified atom stereocenters. The van der Waals surface area contributed by atoms with Crippen LogP contribution in [0.5, 0.6) is 5.75 Å². The second-order valence-corrected chi connectivity index (χ2v) is 4.61. The number of rotatable bonds is 6. The molecule has 2 aromatic carbocycles. The lowest BCUT2D eigenvalue weighted by Gasteiger charge is -2.12. The smallest absolute Gasteiger partial charge is 0.340 e. The van der Waals surface area contributed by atoms with Gasteiger partial charge in [0.15, 0.2) is 0 Å². The van der Waals surface area contributed by atoms with Gasteiger partial charge in [0.2, 0.25) is 0 Å². The highest BCUT2D eigenvalue weighted by molar-refractivity contribution is 5.97. The summed E-state index contributed by atoms with van der Waals surface area (Å²) in [5.74, 6) is 0.402. The van der Waals surface area contributed by atoms with E-state index in [1.807, 2.05) is 31.2 Å². The van der Waals surface area contributed by atoms with Gasteiger partial charge >= 0.3 is 5.97 Å². The summed E-state index contributed by atoms with van der Waals surface area (Å²) in [6, 6.07) is 12.6. The van der Waals surface area contributed by atoms with E-state index in [2.05, 4.69) is 5.32 Å². The van der Waals surface area contributed by atoms with Gasteiger partial charge in [-0.1, -0.05) is 0 Å². The molecule has 0 saturated heterocycles. The number of hydrogen-bond acceptors (Lipinski definition) is 5. The van der Waals surface area contributed by atoms with Crippen molar-refractivity contribution in [1.29, 1.82) is 0 Å². The van der Waals surface area contributed by atoms with Gasteiger partial charge in [-0.2, -0.15) is 0 Å². The Kier molecular flexibility index (Phi) is 5.25. The highest BCUT2D eigenvalue weighted by Gasteiger charge is 2.13. The van der Waals surface area contributed by atoms with Gasteiger partial charge in [-0.05, 0) is 56.3 Å². The summed E-state index contributed by atoms with van der Waals surface area (Å²) in [7, 11) is 0. The van der Waals surface area contributed by atoms with Crippen LogP contribution in [0.25, 0.3) is 0 Å². The predicted molar refractivity (Wildman–Crippen MR) is 87.7 cm³/mol. The quantitative estimate of drug-likeness (QED) is 0.630. The first kappa shape index (κ1) is 15.7. The van der Waals surface area contributed by atoms with E-state index >= 15 is 0 Å². The molecule has 3 N–H and O–H groups in total. The summed E-state index contributed by atoms with van der Waals surface area (Å²) in [5, 5.41) is 3.20. The standard InChI is InChI=1S/C17H20N2O3/c1-3-21-14-8-6-13(7-9-14)19-16-10-5-12(18)11-15(16)17(20)22-4-2/h5-11,19H,3-4,18H2,1-2H3. The molecule has 0 atom stereocenters. The van der Waals surface area contributed by atoms with Crippen LogP contribution >= 0.6 is 0 Å². The van der Waals surface area contributed by atoms with Crippen LogP contribution in [0.15, 0.2) is 42.5 Å². The van der Waals surface area contributed by atoms with E-state index in [-0.39, 0.29) is 0 Å². The van der Waals surface area contributed by atoms with E-state index in [0.717, 1.165) is 11.4 Å². The average molecular weight is 300 g/mol. The molecule has 0 bridgehead atoms. The number of nitrogens with two attached hydrogens (primary N) is 1. The third-order valence-electron chi connectivity index (χ3n) is 2.98. The van der Waals surface area contributed by atoms with Crippen LogP contribution in [-0.2, 0) is 4.74 Å². The summed E-state index contributed by atoms with van der Waals surface area (Å²) < 4.78 is 10.5. The Morgan fingerprint density at radius 3 is 2.45 bits per heavy atom. The normalized spacial score (nSPS) is 10.1. The number of nitrogens with one attached hydrogen (secondary N) is 1. The number of benzene rings is 2. The van der Waals surface area contributed by atoms with Crippen molar-refractivity contribution in [3.05, 3.63) is 48.0 Å². The van der Waals surface area contributed by atoms with Gasteiger partial charge in [0.25, 0.3) is 0 Å². The van der Waals surface area contributed by atoms with Gasteiger partial charge in [-0.15, -0.1) is 0 Å². The van der Waals surface area contributed by atoms with Crippen molar-refractivity contribution in [3.63, 3.8) is 0 Å². The molecule has 0 amide bonds. The molecule has 5 heteroatoms. The summed E-state index contributed by atoms with van der Waals surface area (Å²) >= 11 is 0. The third kappa shape index (κ3) is 3.91. The number of hydrogen-bond donors (Lipinski definition) is 2. The van der Waals surface area contributed by atoms with Crippen LogP contribution in [0.4, 0.5) is 17.1 Å². The SMILES string of the molecule is CCOC(=O)c1cc(N)ccc1Nc1ccc(OCC)cc1. The predicted octanol–water partition coefficient (Wildman–Crippen LogP) is 3.59. The van der Waals surface area contributed by atoms with E-state index in [1.54, 1.807) is 25.1 Å². The first-order chi connectivity index (χ1) is 10.6. The Hall–Kier alpha value is -2.69. The lowest BCUT2D eigenvalue weighted by molar-refractivity contribution is 0.0527. The van der Waals surface area contributed by atoms with Crippen molar-refractivity contribution in [1.82, 2.24) is 0 Å². The lowest BCUT2D eigenvalue weighted by atomic mass is 10.1. The minimum absolute atomic E-state index is 0.316. The Labute approximate surface area is 130 Å². The molecule has 2 aromatic rings. The fourth-order valence-corrected chi connectivity index (χ4v) is 2.01. The number of ether oxygens (including phenoxy) is 2. The largest absolute Gasteiger partial charge is 0.494 e. The zero-order chi connectivity index (χ0) is 15.9. The lowest BCUT2D eigenvalue weighted by Crippen LogP contribution is -2.08. The molecule has 0 spiro atoms. The molecular formula is C17H20N2O3. The molecule has 22 heavy (non-hydrogen) atoms. The van der Waals surface area contributed by atoms with Gasteiger partial charge in [-0.25, -0.2) is 4.79 Å². The van der Waals surface area contributed by atoms with Crippen LogP contribution in [0, 0.1) is 0 Å². The molecule has 5 nitrogen and oxygen atoms in total. The number of carbonyl (C=O) groups is 1. The molecule has 0 saturated carbocycles. The number of nitrogen functional groups attached to an aromatic ring is 1. The molecule has 2 rings (SSSR count). The zero-order valence-corrected chi connectivity index (χ0v) is 12.8. The Morgan fingerprint density at radius 1 is 1.09 bits per heavy atom. The molecule has 0 aliphatic rings. The number of carbonyl (C=O) groups excluding carboxylic acids is 1. The van der Waals surface area contributed by atoms with Crippen LogP contribution in [-0.4, -0.2) is 19.2 Å². The molecule has 0 radical (unpaired) electrons. The van der Waals surface area contributed by atoms with E-state index in [9.17, 15) is 4.79 Å². The number of esters is 1. The van der Waals surface area contributed by atoms with Crippen LogP contribution < -0.4 is 15.8 Å². The van der Waals surface area contributed by atoms with Gasteiger partial charge in [0, 0.05) is 11.4 Å². The first-order valence-corrected chi connectivity index (χ1v) is 7.20. The molecule has 0 aromatic heterocycles. The van der Waals surface area contributed by atoms with E-state index in [0.29, 0.717) is 30.2 Å². The summed E-state index contributed by atoms with van der Waals surface area (Å²) in [5.41, 5.74) is 8.18. The zero-order valence-electron chi connectivity index (χ0n) is 12.8. The van der Waals surface area contributed by atoms with Crippen LogP contribution in [0.2, 0.25) is 0 Å². The van der Waals surface area contributed by atoms with Gasteiger partial charge in [0.05, 0.1) is 24.5 Å². The van der Waals surface area contributed by atoms with E-state index < -0.39 is 5.97 Å². The molecule has 116 valence electrons. The van der Waals surface area contributed by atoms with Gasteiger partial charge in [0.1, 0.15) is 5.75 Å². The highest BCUT2D eigenvalue weighted by atomic mass is 16.5. The second-order valence-electron chi connectivity index (χ2n) is 4.61. The number of anilines is 3. The van der Waals surface area contributed by atoms with Gasteiger partial charge in [-0.3, -0.25) is 0 Å². The maximum atomic E-state index is 12.0. The fourth-order valence-electron chi connectivity index (χ4n) is 2.01. The van der Waals surface area contributed by atoms with Crippen molar-refractivity contribution in [2.24, 2.45) is 0 Å². The molecule has 0 aliphatic carbocycles. The van der Waals surface area contributed by atoms with E-state index in [1.165, 1.54) is 0 Å². The summed E-state index contributed by atoms with van der Waals surface area (Å²) in [6.07, 6.45) is 0. The molecule has 0 heterocycles.